The molecule has 0 aliphatic carbocycles. The molecule has 0 aromatic heterocycles. The van der Waals surface area contributed by atoms with Gasteiger partial charge in [-0.15, -0.1) is 0 Å². The lowest BCUT2D eigenvalue weighted by Gasteiger charge is -2.40. The van der Waals surface area contributed by atoms with Gasteiger partial charge in [0.05, 0.1) is 0 Å². The molecular weight excluding hydrogens is 196 g/mol. The highest BCUT2D eigenvalue weighted by molar-refractivity contribution is 5.56. The molecule has 0 radical (unpaired) electrons. The minimum Gasteiger partial charge on any atom is -0.365 e. The Kier molecular flexibility index (Phi) is 2.40. The van der Waals surface area contributed by atoms with Gasteiger partial charge in [-0.25, -0.2) is 0 Å². The highest BCUT2D eigenvalue weighted by atomic mass is 15.2. The average molecular weight is 216 g/mol. The molecule has 2 aliphatic heterocycles. The van der Waals surface area contributed by atoms with E-state index in [0.29, 0.717) is 18.1 Å². The molecule has 2 unspecified atom stereocenters. The summed E-state index contributed by atoms with van der Waals surface area (Å²) >= 11 is 0. The fraction of sp³-hybridized carbons (Fsp3) is 0.571. The van der Waals surface area contributed by atoms with Gasteiger partial charge in [-0.1, -0.05) is 18.2 Å². The van der Waals surface area contributed by atoms with Crippen molar-refractivity contribution in [2.75, 3.05) is 4.90 Å². The van der Waals surface area contributed by atoms with Crippen LogP contribution in [-0.4, -0.2) is 18.1 Å². The van der Waals surface area contributed by atoms with Crippen LogP contribution in [0.3, 0.4) is 0 Å². The van der Waals surface area contributed by atoms with Crippen molar-refractivity contribution in [3.05, 3.63) is 29.8 Å². The summed E-state index contributed by atoms with van der Waals surface area (Å²) in [6.07, 6.45) is 5.00. The molecule has 2 atom stereocenters. The van der Waals surface area contributed by atoms with Gasteiger partial charge in [-0.2, -0.15) is 0 Å². The van der Waals surface area contributed by atoms with Crippen molar-refractivity contribution < 1.29 is 0 Å². The molecule has 2 fully saturated rings. The molecule has 2 saturated heterocycles. The summed E-state index contributed by atoms with van der Waals surface area (Å²) in [6, 6.07) is 10.6. The van der Waals surface area contributed by atoms with Crippen LogP contribution in [0.15, 0.2) is 24.3 Å². The molecule has 2 nitrogen and oxygen atoms in total. The van der Waals surface area contributed by atoms with Crippen molar-refractivity contribution in [3.63, 3.8) is 0 Å². The number of piperidine rings is 1. The van der Waals surface area contributed by atoms with E-state index < -0.39 is 0 Å². The molecule has 86 valence electrons. The van der Waals surface area contributed by atoms with Gasteiger partial charge < -0.3 is 10.6 Å². The standard InChI is InChI=1S/C14H20N2/c1-10-4-2-3-5-14(10)16-12-6-7-13(16)9-11(15)8-12/h2-5,11-13H,6-9,15H2,1H3. The van der Waals surface area contributed by atoms with Crippen LogP contribution in [0.25, 0.3) is 0 Å². The second-order valence-corrected chi connectivity index (χ2v) is 5.31. The third kappa shape index (κ3) is 1.52. The quantitative estimate of drug-likeness (QED) is 0.781. The number of para-hydroxylation sites is 1. The van der Waals surface area contributed by atoms with E-state index >= 15 is 0 Å². The van der Waals surface area contributed by atoms with Crippen LogP contribution in [0.5, 0.6) is 0 Å². The van der Waals surface area contributed by atoms with E-state index in [0.717, 1.165) is 0 Å². The molecule has 2 bridgehead atoms. The Labute approximate surface area is 97.4 Å². The van der Waals surface area contributed by atoms with Gasteiger partial charge in [0.15, 0.2) is 0 Å². The maximum absolute atomic E-state index is 6.11. The monoisotopic (exact) mass is 216 g/mol. The SMILES string of the molecule is Cc1ccccc1N1C2CCC1CC(N)C2. The number of hydrogen-bond donors (Lipinski definition) is 1. The average Bonchev–Trinajstić information content (AvgIpc) is 2.53. The molecule has 2 N–H and O–H groups in total. The number of rotatable bonds is 1. The second kappa shape index (κ2) is 3.77. The molecular formula is C14H20N2. The van der Waals surface area contributed by atoms with Crippen LogP contribution >= 0.6 is 0 Å². The number of benzene rings is 1. The Morgan fingerprint density at radius 3 is 2.38 bits per heavy atom. The van der Waals surface area contributed by atoms with Crippen molar-refractivity contribution in [1.82, 2.24) is 0 Å². The minimum absolute atomic E-state index is 0.428. The Morgan fingerprint density at radius 2 is 1.75 bits per heavy atom. The summed E-state index contributed by atoms with van der Waals surface area (Å²) in [5.74, 6) is 0. The summed E-state index contributed by atoms with van der Waals surface area (Å²) in [5.41, 5.74) is 8.94. The van der Waals surface area contributed by atoms with Gasteiger partial charge in [0.1, 0.15) is 0 Å². The number of hydrogen-bond acceptors (Lipinski definition) is 2. The molecule has 0 amide bonds. The first kappa shape index (κ1) is 10.2. The molecule has 2 heteroatoms. The van der Waals surface area contributed by atoms with Crippen molar-refractivity contribution in [3.8, 4) is 0 Å². The van der Waals surface area contributed by atoms with Gasteiger partial charge >= 0.3 is 0 Å². The third-order valence-corrected chi connectivity index (χ3v) is 4.16. The van der Waals surface area contributed by atoms with Crippen LogP contribution in [0.1, 0.15) is 31.2 Å². The molecule has 0 spiro atoms. The third-order valence-electron chi connectivity index (χ3n) is 4.16. The highest BCUT2D eigenvalue weighted by Gasteiger charge is 2.39. The van der Waals surface area contributed by atoms with Crippen LogP contribution in [0.4, 0.5) is 5.69 Å². The lowest BCUT2D eigenvalue weighted by Crippen LogP contribution is -2.47. The highest BCUT2D eigenvalue weighted by Crippen LogP contribution is 2.39. The zero-order valence-corrected chi connectivity index (χ0v) is 9.89. The molecule has 0 saturated carbocycles. The zero-order valence-electron chi connectivity index (χ0n) is 9.89. The Hall–Kier alpha value is -1.02. The van der Waals surface area contributed by atoms with Gasteiger partial charge in [-0.05, 0) is 44.2 Å². The topological polar surface area (TPSA) is 29.3 Å². The van der Waals surface area contributed by atoms with E-state index in [4.69, 9.17) is 5.73 Å². The number of anilines is 1. The Bertz CT molecular complexity index is 374. The van der Waals surface area contributed by atoms with Crippen molar-refractivity contribution in [2.45, 2.75) is 50.7 Å². The number of nitrogens with zero attached hydrogens (tertiary/aromatic N) is 1. The first-order valence-corrected chi connectivity index (χ1v) is 6.35. The van der Waals surface area contributed by atoms with E-state index in [-0.39, 0.29) is 0 Å². The van der Waals surface area contributed by atoms with Crippen LogP contribution in [0, 0.1) is 6.92 Å². The van der Waals surface area contributed by atoms with Gasteiger partial charge in [0.25, 0.3) is 0 Å². The van der Waals surface area contributed by atoms with Gasteiger partial charge in [-0.3, -0.25) is 0 Å². The Morgan fingerprint density at radius 1 is 1.12 bits per heavy atom. The van der Waals surface area contributed by atoms with E-state index in [9.17, 15) is 0 Å². The maximum Gasteiger partial charge on any atom is 0.0400 e. The zero-order chi connectivity index (χ0) is 11.1. The first-order valence-electron chi connectivity index (χ1n) is 6.35. The van der Waals surface area contributed by atoms with E-state index in [1.807, 2.05) is 0 Å². The molecule has 2 aliphatic rings. The summed E-state index contributed by atoms with van der Waals surface area (Å²) in [6.45, 7) is 2.21. The summed E-state index contributed by atoms with van der Waals surface area (Å²) in [7, 11) is 0. The predicted molar refractivity (Wildman–Crippen MR) is 67.7 cm³/mol. The van der Waals surface area contributed by atoms with E-state index in [1.54, 1.807) is 0 Å². The number of aryl methyl sites for hydroxylation is 1. The summed E-state index contributed by atoms with van der Waals surface area (Å²) in [4.78, 5) is 2.64. The van der Waals surface area contributed by atoms with Crippen LogP contribution in [0.2, 0.25) is 0 Å². The normalized spacial score (nSPS) is 33.1. The van der Waals surface area contributed by atoms with Gasteiger partial charge in [0, 0.05) is 23.8 Å². The minimum atomic E-state index is 0.428. The molecule has 3 rings (SSSR count). The molecule has 1 aromatic carbocycles. The summed E-state index contributed by atoms with van der Waals surface area (Å²) in [5, 5.41) is 0. The van der Waals surface area contributed by atoms with E-state index in [2.05, 4.69) is 36.1 Å². The maximum atomic E-state index is 6.11. The fourth-order valence-electron chi connectivity index (χ4n) is 3.47. The van der Waals surface area contributed by atoms with Crippen molar-refractivity contribution in [1.29, 1.82) is 0 Å². The number of nitrogens with two attached hydrogens (primary N) is 1. The molecule has 16 heavy (non-hydrogen) atoms. The lowest BCUT2D eigenvalue weighted by atomic mass is 9.96. The predicted octanol–water partition coefficient (Wildman–Crippen LogP) is 2.45. The van der Waals surface area contributed by atoms with Crippen molar-refractivity contribution >= 4 is 5.69 Å². The summed E-state index contributed by atoms with van der Waals surface area (Å²) < 4.78 is 0. The molecule has 1 aromatic rings. The number of fused-ring (bicyclic) bond motifs is 2. The largest absolute Gasteiger partial charge is 0.365 e. The lowest BCUT2D eigenvalue weighted by molar-refractivity contribution is 0.414. The second-order valence-electron chi connectivity index (χ2n) is 5.31. The Balaban J connectivity index is 1.94. The van der Waals surface area contributed by atoms with Crippen LogP contribution < -0.4 is 10.6 Å². The fourth-order valence-corrected chi connectivity index (χ4v) is 3.47. The van der Waals surface area contributed by atoms with E-state index in [1.165, 1.54) is 36.9 Å². The van der Waals surface area contributed by atoms with Crippen molar-refractivity contribution in [2.24, 2.45) is 5.73 Å². The van der Waals surface area contributed by atoms with Gasteiger partial charge in [0.2, 0.25) is 0 Å². The first-order chi connectivity index (χ1) is 7.75. The molecule has 2 heterocycles. The van der Waals surface area contributed by atoms with Crippen LogP contribution in [-0.2, 0) is 0 Å². The smallest absolute Gasteiger partial charge is 0.0400 e.